The predicted molar refractivity (Wildman–Crippen MR) is 71.7 cm³/mol. The first-order valence-corrected chi connectivity index (χ1v) is 6.39. The molecule has 0 saturated carbocycles. The molecule has 1 rings (SSSR count). The third-order valence-corrected chi connectivity index (χ3v) is 2.75. The zero-order chi connectivity index (χ0) is 13.4. The molecule has 1 unspecified atom stereocenters. The summed E-state index contributed by atoms with van der Waals surface area (Å²) in [4.78, 5) is 0. The molecule has 0 heterocycles. The zero-order valence-electron chi connectivity index (χ0n) is 11.3. The van der Waals surface area contributed by atoms with Gasteiger partial charge in [0.05, 0.1) is 6.04 Å². The fourth-order valence-corrected chi connectivity index (χ4v) is 1.83. The first kappa shape index (κ1) is 15.0. The molecule has 0 saturated heterocycles. The van der Waals surface area contributed by atoms with E-state index in [1.165, 1.54) is 0 Å². The number of nitrogens with one attached hydrogen (secondary N) is 1. The average molecular weight is 253 g/mol. The first-order valence-electron chi connectivity index (χ1n) is 6.39. The summed E-state index contributed by atoms with van der Waals surface area (Å²) in [6.07, 6.45) is 0.542. The third kappa shape index (κ3) is 4.64. The minimum atomic E-state index is -0.251. The van der Waals surface area contributed by atoms with Gasteiger partial charge in [0.25, 0.3) is 0 Å². The number of phenols is 1. The molecule has 1 aromatic carbocycles. The Morgan fingerprint density at radius 3 is 2.11 bits per heavy atom. The lowest BCUT2D eigenvalue weighted by Crippen LogP contribution is -2.42. The van der Waals surface area contributed by atoms with Crippen molar-refractivity contribution in [1.82, 2.24) is 5.32 Å². The molecule has 0 aliphatic heterocycles. The molecule has 1 atom stereocenters. The van der Waals surface area contributed by atoms with Crippen molar-refractivity contribution >= 4 is 0 Å². The van der Waals surface area contributed by atoms with Crippen LogP contribution in [0.5, 0.6) is 5.75 Å². The molecule has 0 aliphatic carbocycles. The van der Waals surface area contributed by atoms with Crippen molar-refractivity contribution in [3.05, 3.63) is 29.8 Å². The molecule has 2 N–H and O–H groups in total. The van der Waals surface area contributed by atoms with Crippen LogP contribution in [0, 0.1) is 0 Å². The summed E-state index contributed by atoms with van der Waals surface area (Å²) >= 11 is 0. The SMILES string of the molecule is CCOC(OCC)C(Cc1ccc(O)cc1)NC. The number of hydrogen-bond acceptors (Lipinski definition) is 4. The molecule has 0 fully saturated rings. The maximum absolute atomic E-state index is 9.26. The second-order valence-electron chi connectivity index (χ2n) is 4.04. The second kappa shape index (κ2) is 8.08. The van der Waals surface area contributed by atoms with Crippen molar-refractivity contribution < 1.29 is 14.6 Å². The Kier molecular flexibility index (Phi) is 6.72. The number of benzene rings is 1. The Labute approximate surface area is 109 Å². The summed E-state index contributed by atoms with van der Waals surface area (Å²) in [5, 5.41) is 12.5. The van der Waals surface area contributed by atoms with Gasteiger partial charge in [0.2, 0.25) is 0 Å². The Balaban J connectivity index is 2.66. The van der Waals surface area contributed by atoms with Crippen LogP contribution in [0.25, 0.3) is 0 Å². The Morgan fingerprint density at radius 1 is 1.11 bits per heavy atom. The minimum absolute atomic E-state index is 0.0921. The summed E-state index contributed by atoms with van der Waals surface area (Å²) in [6, 6.07) is 7.30. The van der Waals surface area contributed by atoms with Gasteiger partial charge >= 0.3 is 0 Å². The maximum atomic E-state index is 9.26. The molecule has 0 spiro atoms. The van der Waals surface area contributed by atoms with Gasteiger partial charge in [-0.15, -0.1) is 0 Å². The molecule has 0 radical (unpaired) electrons. The average Bonchev–Trinajstić information content (AvgIpc) is 2.38. The van der Waals surface area contributed by atoms with E-state index in [2.05, 4.69) is 5.32 Å². The highest BCUT2D eigenvalue weighted by molar-refractivity contribution is 5.26. The van der Waals surface area contributed by atoms with Crippen LogP contribution in [-0.2, 0) is 15.9 Å². The van der Waals surface area contributed by atoms with Crippen LogP contribution in [0.4, 0.5) is 0 Å². The molecular weight excluding hydrogens is 230 g/mol. The molecule has 1 aromatic rings. The summed E-state index contributed by atoms with van der Waals surface area (Å²) in [6.45, 7) is 5.16. The molecule has 18 heavy (non-hydrogen) atoms. The topological polar surface area (TPSA) is 50.7 Å². The quantitative estimate of drug-likeness (QED) is 0.695. The molecule has 102 valence electrons. The maximum Gasteiger partial charge on any atom is 0.172 e. The van der Waals surface area contributed by atoms with E-state index in [4.69, 9.17) is 9.47 Å². The van der Waals surface area contributed by atoms with Gasteiger partial charge in [-0.2, -0.15) is 0 Å². The monoisotopic (exact) mass is 253 g/mol. The van der Waals surface area contributed by atoms with E-state index in [1.54, 1.807) is 12.1 Å². The van der Waals surface area contributed by atoms with E-state index in [0.29, 0.717) is 13.2 Å². The number of hydrogen-bond donors (Lipinski definition) is 2. The van der Waals surface area contributed by atoms with Crippen molar-refractivity contribution in [1.29, 1.82) is 0 Å². The van der Waals surface area contributed by atoms with Gasteiger partial charge < -0.3 is 19.9 Å². The highest BCUT2D eigenvalue weighted by Crippen LogP contribution is 2.14. The van der Waals surface area contributed by atoms with Crippen LogP contribution in [0.3, 0.4) is 0 Å². The van der Waals surface area contributed by atoms with E-state index in [1.807, 2.05) is 33.0 Å². The van der Waals surface area contributed by atoms with Crippen LogP contribution < -0.4 is 5.32 Å². The lowest BCUT2D eigenvalue weighted by atomic mass is 10.1. The van der Waals surface area contributed by atoms with Gasteiger partial charge in [-0.05, 0) is 45.0 Å². The summed E-state index contributed by atoms with van der Waals surface area (Å²) in [5.41, 5.74) is 1.14. The van der Waals surface area contributed by atoms with E-state index in [9.17, 15) is 5.11 Å². The van der Waals surface area contributed by atoms with Gasteiger partial charge in [0, 0.05) is 13.2 Å². The highest BCUT2D eigenvalue weighted by atomic mass is 16.7. The van der Waals surface area contributed by atoms with Crippen molar-refractivity contribution in [2.45, 2.75) is 32.6 Å². The van der Waals surface area contributed by atoms with E-state index in [-0.39, 0.29) is 18.1 Å². The number of phenolic OH excluding ortho intramolecular Hbond substituents is 1. The Morgan fingerprint density at radius 2 is 1.67 bits per heavy atom. The molecule has 0 amide bonds. The van der Waals surface area contributed by atoms with Crippen molar-refractivity contribution in [3.8, 4) is 5.75 Å². The number of likely N-dealkylation sites (N-methyl/N-ethyl adjacent to an activating group) is 1. The van der Waals surface area contributed by atoms with Gasteiger partial charge in [0.15, 0.2) is 6.29 Å². The fraction of sp³-hybridized carbons (Fsp3) is 0.571. The van der Waals surface area contributed by atoms with Crippen LogP contribution in [0.2, 0.25) is 0 Å². The van der Waals surface area contributed by atoms with Crippen LogP contribution in [0.15, 0.2) is 24.3 Å². The molecule has 0 aliphatic rings. The largest absolute Gasteiger partial charge is 0.508 e. The van der Waals surface area contributed by atoms with Crippen molar-refractivity contribution in [2.75, 3.05) is 20.3 Å². The summed E-state index contributed by atoms with van der Waals surface area (Å²) in [7, 11) is 1.90. The van der Waals surface area contributed by atoms with E-state index < -0.39 is 0 Å². The second-order valence-corrected chi connectivity index (χ2v) is 4.04. The van der Waals surface area contributed by atoms with E-state index >= 15 is 0 Å². The predicted octanol–water partition coefficient (Wildman–Crippen LogP) is 1.92. The molecule has 0 aromatic heterocycles. The lowest BCUT2D eigenvalue weighted by Gasteiger charge is -2.26. The van der Waals surface area contributed by atoms with Crippen LogP contribution in [0.1, 0.15) is 19.4 Å². The molecule has 4 heteroatoms. The van der Waals surface area contributed by atoms with Crippen LogP contribution in [-0.4, -0.2) is 37.7 Å². The first-order chi connectivity index (χ1) is 8.71. The van der Waals surface area contributed by atoms with Crippen LogP contribution >= 0.6 is 0 Å². The normalized spacial score (nSPS) is 12.9. The lowest BCUT2D eigenvalue weighted by molar-refractivity contribution is -0.152. The minimum Gasteiger partial charge on any atom is -0.508 e. The third-order valence-electron chi connectivity index (χ3n) is 2.75. The van der Waals surface area contributed by atoms with Gasteiger partial charge in [0.1, 0.15) is 5.75 Å². The fourth-order valence-electron chi connectivity index (χ4n) is 1.83. The number of ether oxygens (including phenoxy) is 2. The molecule has 4 nitrogen and oxygen atoms in total. The van der Waals surface area contributed by atoms with Gasteiger partial charge in [-0.25, -0.2) is 0 Å². The molecular formula is C14H23NO3. The Hall–Kier alpha value is -1.10. The van der Waals surface area contributed by atoms with Gasteiger partial charge in [-0.3, -0.25) is 0 Å². The Bertz CT molecular complexity index is 320. The van der Waals surface area contributed by atoms with Crippen molar-refractivity contribution in [2.24, 2.45) is 0 Å². The number of rotatable bonds is 8. The summed E-state index contributed by atoms with van der Waals surface area (Å²) in [5.74, 6) is 0.283. The smallest absolute Gasteiger partial charge is 0.172 e. The highest BCUT2D eigenvalue weighted by Gasteiger charge is 2.20. The zero-order valence-corrected chi connectivity index (χ0v) is 11.3. The standard InChI is InChI=1S/C14H23NO3/c1-4-17-14(18-5-2)13(15-3)10-11-6-8-12(16)9-7-11/h6-9,13-16H,4-5,10H2,1-3H3. The summed E-state index contributed by atoms with van der Waals surface area (Å²) < 4.78 is 11.2. The molecule has 0 bridgehead atoms. The van der Waals surface area contributed by atoms with Gasteiger partial charge in [-0.1, -0.05) is 12.1 Å². The number of aromatic hydroxyl groups is 1. The van der Waals surface area contributed by atoms with E-state index in [0.717, 1.165) is 12.0 Å². The van der Waals surface area contributed by atoms with Crippen molar-refractivity contribution in [3.63, 3.8) is 0 Å².